The maximum Gasteiger partial charge on any atom is 0.0242 e. The minimum absolute atomic E-state index is 0.737. The van der Waals surface area contributed by atoms with Crippen molar-refractivity contribution < 1.29 is 0 Å². The second-order valence-electron chi connectivity index (χ2n) is 5.68. The van der Waals surface area contributed by atoms with Crippen LogP contribution in [-0.4, -0.2) is 47.6 Å². The van der Waals surface area contributed by atoms with Gasteiger partial charge >= 0.3 is 0 Å². The average molecular weight is 196 g/mol. The molecule has 3 aliphatic heterocycles. The van der Waals surface area contributed by atoms with E-state index in [0.29, 0.717) is 0 Å². The highest BCUT2D eigenvalue weighted by atomic mass is 15.4. The molecule has 0 radical (unpaired) electrons. The molecule has 0 unspecified atom stereocenters. The minimum Gasteiger partial charge on any atom is -0.298 e. The Hall–Kier alpha value is -0.0800. The van der Waals surface area contributed by atoms with Gasteiger partial charge in [-0.2, -0.15) is 0 Å². The summed E-state index contributed by atoms with van der Waals surface area (Å²) in [5, 5.41) is 0. The lowest BCUT2D eigenvalue weighted by Gasteiger charge is -2.58. The average Bonchev–Trinajstić information content (AvgIpc) is 2.14. The van der Waals surface area contributed by atoms with E-state index in [1.165, 1.54) is 26.1 Å². The third kappa shape index (κ3) is 1.82. The van der Waals surface area contributed by atoms with Gasteiger partial charge in [-0.15, -0.1) is 0 Å². The standard InChI is InChI=1S/C12H24N2/c1-9(2)6-14-11-5-12(14)8-13(7-11)10(3)4/h9-12H,5-8H2,1-4H3/t11-,12+. The Bertz CT molecular complexity index is 188. The lowest BCUT2D eigenvalue weighted by atomic mass is 9.86. The minimum atomic E-state index is 0.737. The van der Waals surface area contributed by atoms with Crippen LogP contribution in [0, 0.1) is 5.92 Å². The molecule has 0 saturated carbocycles. The summed E-state index contributed by atoms with van der Waals surface area (Å²) in [5.74, 6) is 0.825. The molecule has 2 atom stereocenters. The molecular formula is C12H24N2. The van der Waals surface area contributed by atoms with E-state index in [4.69, 9.17) is 0 Å². The highest BCUT2D eigenvalue weighted by Crippen LogP contribution is 2.33. The molecule has 0 spiro atoms. The van der Waals surface area contributed by atoms with E-state index < -0.39 is 0 Å². The zero-order valence-electron chi connectivity index (χ0n) is 10.0. The molecule has 2 bridgehead atoms. The van der Waals surface area contributed by atoms with E-state index in [1.807, 2.05) is 0 Å². The zero-order chi connectivity index (χ0) is 10.3. The van der Waals surface area contributed by atoms with Gasteiger partial charge in [0.05, 0.1) is 0 Å². The lowest BCUT2D eigenvalue weighted by molar-refractivity contribution is -0.0831. The van der Waals surface area contributed by atoms with Gasteiger partial charge in [0.25, 0.3) is 0 Å². The van der Waals surface area contributed by atoms with Crippen LogP contribution in [-0.2, 0) is 0 Å². The molecule has 0 aromatic heterocycles. The Morgan fingerprint density at radius 1 is 1.07 bits per heavy atom. The van der Waals surface area contributed by atoms with Gasteiger partial charge in [0.1, 0.15) is 0 Å². The predicted molar refractivity (Wildman–Crippen MR) is 60.4 cm³/mol. The van der Waals surface area contributed by atoms with Crippen LogP contribution in [0.25, 0.3) is 0 Å². The lowest BCUT2D eigenvalue weighted by Crippen LogP contribution is -2.69. The smallest absolute Gasteiger partial charge is 0.0242 e. The first-order valence-electron chi connectivity index (χ1n) is 6.07. The second kappa shape index (κ2) is 3.82. The molecule has 2 heteroatoms. The van der Waals surface area contributed by atoms with Gasteiger partial charge in [-0.3, -0.25) is 9.80 Å². The molecule has 2 nitrogen and oxygen atoms in total. The van der Waals surface area contributed by atoms with Gasteiger partial charge in [-0.05, 0) is 26.2 Å². The Labute approximate surface area is 88.3 Å². The number of piperazine rings is 1. The van der Waals surface area contributed by atoms with Crippen molar-refractivity contribution in [3.8, 4) is 0 Å². The van der Waals surface area contributed by atoms with Gasteiger partial charge in [0.15, 0.2) is 0 Å². The van der Waals surface area contributed by atoms with Gasteiger partial charge in [-0.25, -0.2) is 0 Å². The summed E-state index contributed by atoms with van der Waals surface area (Å²) in [7, 11) is 0. The van der Waals surface area contributed by atoms with Crippen molar-refractivity contribution in [2.24, 2.45) is 5.92 Å². The number of piperidine rings is 1. The van der Waals surface area contributed by atoms with Crippen molar-refractivity contribution in [1.82, 2.24) is 9.80 Å². The van der Waals surface area contributed by atoms with Crippen LogP contribution in [0.3, 0.4) is 0 Å². The van der Waals surface area contributed by atoms with Crippen molar-refractivity contribution in [2.45, 2.75) is 52.2 Å². The van der Waals surface area contributed by atoms with Crippen LogP contribution in [0.4, 0.5) is 0 Å². The van der Waals surface area contributed by atoms with Crippen LogP contribution in [0.1, 0.15) is 34.1 Å². The molecule has 3 fully saturated rings. The second-order valence-corrected chi connectivity index (χ2v) is 5.68. The molecule has 0 aromatic rings. The molecule has 14 heavy (non-hydrogen) atoms. The predicted octanol–water partition coefficient (Wildman–Crippen LogP) is 1.81. The third-order valence-electron chi connectivity index (χ3n) is 3.68. The third-order valence-corrected chi connectivity index (χ3v) is 3.68. The maximum atomic E-state index is 2.73. The van der Waals surface area contributed by atoms with Crippen molar-refractivity contribution in [3.05, 3.63) is 0 Å². The number of rotatable bonds is 3. The summed E-state index contributed by atoms with van der Waals surface area (Å²) in [6.07, 6.45) is 1.45. The van der Waals surface area contributed by atoms with E-state index in [-0.39, 0.29) is 0 Å². The highest BCUT2D eigenvalue weighted by molar-refractivity contribution is 5.01. The summed E-state index contributed by atoms with van der Waals surface area (Å²) in [4.78, 5) is 5.36. The molecule has 0 amide bonds. The van der Waals surface area contributed by atoms with Crippen molar-refractivity contribution in [1.29, 1.82) is 0 Å². The van der Waals surface area contributed by atoms with Crippen LogP contribution in [0.15, 0.2) is 0 Å². The number of hydrogen-bond acceptors (Lipinski definition) is 2. The molecule has 0 aliphatic carbocycles. The molecule has 0 aromatic carbocycles. The first-order valence-corrected chi connectivity index (χ1v) is 6.07. The fourth-order valence-corrected chi connectivity index (χ4v) is 2.86. The summed E-state index contributed by atoms with van der Waals surface area (Å²) >= 11 is 0. The number of nitrogens with zero attached hydrogens (tertiary/aromatic N) is 2. The molecule has 0 N–H and O–H groups in total. The van der Waals surface area contributed by atoms with Crippen LogP contribution >= 0.6 is 0 Å². The zero-order valence-corrected chi connectivity index (χ0v) is 10.0. The summed E-state index contributed by atoms with van der Waals surface area (Å²) in [6.45, 7) is 13.2. The Kier molecular flexibility index (Phi) is 2.85. The summed E-state index contributed by atoms with van der Waals surface area (Å²) in [5.41, 5.74) is 0. The van der Waals surface area contributed by atoms with Crippen molar-refractivity contribution in [2.75, 3.05) is 19.6 Å². The van der Waals surface area contributed by atoms with E-state index in [9.17, 15) is 0 Å². The van der Waals surface area contributed by atoms with E-state index in [2.05, 4.69) is 37.5 Å². The summed E-state index contributed by atoms with van der Waals surface area (Å²) in [6, 6.07) is 2.48. The van der Waals surface area contributed by atoms with Crippen molar-refractivity contribution in [3.63, 3.8) is 0 Å². The summed E-state index contributed by atoms with van der Waals surface area (Å²) < 4.78 is 0. The maximum absolute atomic E-state index is 2.73. The highest BCUT2D eigenvalue weighted by Gasteiger charge is 2.44. The normalized spacial score (nSPS) is 33.9. The molecular weight excluding hydrogens is 172 g/mol. The van der Waals surface area contributed by atoms with Gasteiger partial charge in [0, 0.05) is 37.8 Å². The monoisotopic (exact) mass is 196 g/mol. The molecule has 3 saturated heterocycles. The Morgan fingerprint density at radius 2 is 1.64 bits per heavy atom. The van der Waals surface area contributed by atoms with E-state index >= 15 is 0 Å². The largest absolute Gasteiger partial charge is 0.298 e. The SMILES string of the molecule is CC(C)CN1[C@@H]2C[C@H]1CN(C(C)C)C2. The molecule has 3 rings (SSSR count). The topological polar surface area (TPSA) is 6.48 Å². The molecule has 3 heterocycles. The quantitative estimate of drug-likeness (QED) is 0.679. The van der Waals surface area contributed by atoms with E-state index in [1.54, 1.807) is 0 Å². The van der Waals surface area contributed by atoms with E-state index in [0.717, 1.165) is 24.0 Å². The van der Waals surface area contributed by atoms with Gasteiger partial charge in [0.2, 0.25) is 0 Å². The molecule has 3 aliphatic rings. The Morgan fingerprint density at radius 3 is 2.07 bits per heavy atom. The fraction of sp³-hybridized carbons (Fsp3) is 1.00. The number of fused-ring (bicyclic) bond motifs is 2. The van der Waals surface area contributed by atoms with Gasteiger partial charge < -0.3 is 0 Å². The number of hydrogen-bond donors (Lipinski definition) is 0. The fourth-order valence-electron chi connectivity index (χ4n) is 2.86. The van der Waals surface area contributed by atoms with Crippen LogP contribution in [0.5, 0.6) is 0 Å². The first-order chi connectivity index (χ1) is 6.58. The first kappa shape index (κ1) is 10.4. The Balaban J connectivity index is 1.86. The van der Waals surface area contributed by atoms with Crippen molar-refractivity contribution >= 4 is 0 Å². The van der Waals surface area contributed by atoms with Crippen LogP contribution < -0.4 is 0 Å². The molecule has 82 valence electrons. The van der Waals surface area contributed by atoms with Crippen LogP contribution in [0.2, 0.25) is 0 Å². The van der Waals surface area contributed by atoms with Gasteiger partial charge in [-0.1, -0.05) is 13.8 Å².